The van der Waals surface area contributed by atoms with Gasteiger partial charge in [-0.05, 0) is 48.9 Å². The van der Waals surface area contributed by atoms with Gasteiger partial charge in [0.2, 0.25) is 0 Å². The Morgan fingerprint density at radius 2 is 1.91 bits per heavy atom. The first-order valence-corrected chi connectivity index (χ1v) is 11.8. The number of carbonyl (C=O) groups is 2. The monoisotopic (exact) mass is 480 g/mol. The number of benzene rings is 3. The Hall–Kier alpha value is -3.39. The predicted octanol–water partition coefficient (Wildman–Crippen LogP) is 4.87. The van der Waals surface area contributed by atoms with E-state index in [0.29, 0.717) is 34.9 Å². The number of nitrogens with zero attached hydrogens (tertiary/aromatic N) is 2. The molecule has 34 heavy (non-hydrogen) atoms. The maximum absolute atomic E-state index is 14.0. The SMILES string of the molecule is COc1cccc(C(=O)N2CCSC23C(=O)N(Cc2ccc(F)c(F)c2)c2ccc(C)cc23)c1. The molecule has 0 N–H and O–H groups in total. The number of ether oxygens (including phenoxy) is 1. The highest BCUT2D eigenvalue weighted by Gasteiger charge is 2.59. The zero-order valence-electron chi connectivity index (χ0n) is 18.7. The third-order valence-corrected chi connectivity index (χ3v) is 7.65. The van der Waals surface area contributed by atoms with E-state index in [9.17, 15) is 18.4 Å². The van der Waals surface area contributed by atoms with E-state index < -0.39 is 16.5 Å². The molecule has 0 bridgehead atoms. The van der Waals surface area contributed by atoms with Crippen LogP contribution in [0.4, 0.5) is 14.5 Å². The first-order chi connectivity index (χ1) is 16.3. The molecule has 1 spiro atoms. The summed E-state index contributed by atoms with van der Waals surface area (Å²) in [6.07, 6.45) is 0. The van der Waals surface area contributed by atoms with Crippen molar-refractivity contribution < 1.29 is 23.1 Å². The molecule has 1 fully saturated rings. The highest BCUT2D eigenvalue weighted by atomic mass is 32.2. The van der Waals surface area contributed by atoms with Crippen molar-refractivity contribution in [2.75, 3.05) is 24.3 Å². The van der Waals surface area contributed by atoms with E-state index in [1.54, 1.807) is 34.1 Å². The van der Waals surface area contributed by atoms with Crippen molar-refractivity contribution in [3.8, 4) is 5.75 Å². The topological polar surface area (TPSA) is 49.9 Å². The van der Waals surface area contributed by atoms with Crippen molar-refractivity contribution in [1.82, 2.24) is 4.90 Å². The van der Waals surface area contributed by atoms with Crippen LogP contribution in [0, 0.1) is 18.6 Å². The van der Waals surface area contributed by atoms with Gasteiger partial charge in [-0.2, -0.15) is 0 Å². The fourth-order valence-electron chi connectivity index (χ4n) is 4.62. The average Bonchev–Trinajstić information content (AvgIpc) is 3.38. The number of anilines is 1. The molecule has 3 aromatic rings. The second kappa shape index (κ2) is 8.43. The number of aryl methyl sites for hydroxylation is 1. The van der Waals surface area contributed by atoms with E-state index in [1.165, 1.54) is 24.9 Å². The zero-order valence-corrected chi connectivity index (χ0v) is 19.5. The molecule has 174 valence electrons. The van der Waals surface area contributed by atoms with E-state index in [0.717, 1.165) is 23.3 Å². The van der Waals surface area contributed by atoms with Crippen molar-refractivity contribution in [2.45, 2.75) is 18.3 Å². The highest BCUT2D eigenvalue weighted by Crippen LogP contribution is 2.55. The molecule has 2 aliphatic heterocycles. The molecule has 2 aliphatic rings. The van der Waals surface area contributed by atoms with Crippen LogP contribution in [0.2, 0.25) is 0 Å². The largest absolute Gasteiger partial charge is 0.497 e. The molecule has 2 amide bonds. The lowest BCUT2D eigenvalue weighted by Crippen LogP contribution is -2.50. The van der Waals surface area contributed by atoms with E-state index in [1.807, 2.05) is 25.1 Å². The molecule has 1 unspecified atom stereocenters. The summed E-state index contributed by atoms with van der Waals surface area (Å²) in [5, 5.41) is 0. The highest BCUT2D eigenvalue weighted by molar-refractivity contribution is 8.01. The Morgan fingerprint density at radius 1 is 1.09 bits per heavy atom. The molecule has 0 aliphatic carbocycles. The van der Waals surface area contributed by atoms with Gasteiger partial charge in [0.25, 0.3) is 11.8 Å². The van der Waals surface area contributed by atoms with E-state index in [4.69, 9.17) is 4.74 Å². The van der Waals surface area contributed by atoms with E-state index in [-0.39, 0.29) is 18.4 Å². The number of hydrogen-bond donors (Lipinski definition) is 0. The standard InChI is InChI=1S/C26H22F2N2O3S/c1-16-6-9-23-20(12-16)26(25(32)29(23)15-17-7-8-21(27)22(28)13-17)30(10-11-34-26)24(31)18-4-3-5-19(14-18)33-2/h3-9,12-14H,10-11,15H2,1-2H3. The fraction of sp³-hybridized carbons (Fsp3) is 0.231. The molecule has 1 atom stereocenters. The normalized spacial score (nSPS) is 19.1. The van der Waals surface area contributed by atoms with Gasteiger partial charge in [0, 0.05) is 23.4 Å². The van der Waals surface area contributed by atoms with Gasteiger partial charge in [0.15, 0.2) is 16.5 Å². The summed E-state index contributed by atoms with van der Waals surface area (Å²) in [6.45, 7) is 2.40. The molecule has 8 heteroatoms. The lowest BCUT2D eigenvalue weighted by Gasteiger charge is -2.33. The number of carbonyl (C=O) groups excluding carboxylic acids is 2. The molecule has 5 rings (SSSR count). The summed E-state index contributed by atoms with van der Waals surface area (Å²) < 4.78 is 32.6. The van der Waals surface area contributed by atoms with Crippen molar-refractivity contribution in [2.24, 2.45) is 0 Å². The number of amides is 2. The van der Waals surface area contributed by atoms with Gasteiger partial charge >= 0.3 is 0 Å². The van der Waals surface area contributed by atoms with Crippen LogP contribution in [0.1, 0.15) is 27.0 Å². The molecule has 0 saturated carbocycles. The first-order valence-electron chi connectivity index (χ1n) is 10.8. The number of thioether (sulfide) groups is 1. The summed E-state index contributed by atoms with van der Waals surface area (Å²) >= 11 is 1.42. The number of methoxy groups -OCH3 is 1. The molecule has 2 heterocycles. The van der Waals surface area contributed by atoms with Crippen LogP contribution in [0.25, 0.3) is 0 Å². The van der Waals surface area contributed by atoms with Crippen molar-refractivity contribution in [3.05, 3.63) is 94.6 Å². The van der Waals surface area contributed by atoms with Crippen LogP contribution in [0.15, 0.2) is 60.7 Å². The Balaban J connectivity index is 1.58. The predicted molar refractivity (Wildman–Crippen MR) is 127 cm³/mol. The molecular weight excluding hydrogens is 458 g/mol. The summed E-state index contributed by atoms with van der Waals surface area (Å²) in [4.78, 5) is 29.7. The number of fused-ring (bicyclic) bond motifs is 2. The van der Waals surface area contributed by atoms with Gasteiger partial charge in [-0.25, -0.2) is 8.78 Å². The van der Waals surface area contributed by atoms with Crippen LogP contribution in [-0.2, 0) is 16.2 Å². The third kappa shape index (κ3) is 3.44. The summed E-state index contributed by atoms with van der Waals surface area (Å²) in [5.74, 6) is -1.29. The Bertz CT molecular complexity index is 1310. The number of hydrogen-bond acceptors (Lipinski definition) is 4. The Kier molecular flexibility index (Phi) is 5.56. The minimum atomic E-state index is -1.22. The molecule has 3 aromatic carbocycles. The van der Waals surface area contributed by atoms with Gasteiger partial charge in [0.05, 0.1) is 19.3 Å². The smallest absolute Gasteiger partial charge is 0.268 e. The van der Waals surface area contributed by atoms with Gasteiger partial charge in [-0.3, -0.25) is 9.59 Å². The second-order valence-corrected chi connectivity index (χ2v) is 9.63. The van der Waals surface area contributed by atoms with Crippen LogP contribution >= 0.6 is 11.8 Å². The van der Waals surface area contributed by atoms with E-state index in [2.05, 4.69) is 0 Å². The van der Waals surface area contributed by atoms with E-state index >= 15 is 0 Å². The molecular formula is C26H22F2N2O3S. The van der Waals surface area contributed by atoms with Crippen LogP contribution < -0.4 is 9.64 Å². The molecule has 1 saturated heterocycles. The molecule has 0 aromatic heterocycles. The van der Waals surface area contributed by atoms with Crippen LogP contribution in [-0.4, -0.2) is 36.1 Å². The Morgan fingerprint density at radius 3 is 2.68 bits per heavy atom. The summed E-state index contributed by atoms with van der Waals surface area (Å²) in [6, 6.07) is 16.2. The minimum absolute atomic E-state index is 0.0651. The Labute approximate surface area is 200 Å². The van der Waals surface area contributed by atoms with Crippen molar-refractivity contribution in [1.29, 1.82) is 0 Å². The van der Waals surface area contributed by atoms with Crippen molar-refractivity contribution in [3.63, 3.8) is 0 Å². The fourth-order valence-corrected chi connectivity index (χ4v) is 6.07. The van der Waals surface area contributed by atoms with Gasteiger partial charge in [0.1, 0.15) is 5.75 Å². The lowest BCUT2D eigenvalue weighted by atomic mass is 10.0. The first kappa shape index (κ1) is 22.4. The van der Waals surface area contributed by atoms with Crippen molar-refractivity contribution >= 4 is 29.3 Å². The summed E-state index contributed by atoms with van der Waals surface area (Å²) in [5.41, 5.74) is 3.26. The third-order valence-electron chi connectivity index (χ3n) is 6.24. The second-order valence-electron chi connectivity index (χ2n) is 8.34. The quantitative estimate of drug-likeness (QED) is 0.535. The number of halogens is 2. The van der Waals surface area contributed by atoms with Crippen LogP contribution in [0.5, 0.6) is 5.75 Å². The van der Waals surface area contributed by atoms with Gasteiger partial charge in [-0.15, -0.1) is 11.8 Å². The van der Waals surface area contributed by atoms with Crippen LogP contribution in [0.3, 0.4) is 0 Å². The zero-order chi connectivity index (χ0) is 24.0. The summed E-state index contributed by atoms with van der Waals surface area (Å²) in [7, 11) is 1.53. The average molecular weight is 481 g/mol. The maximum Gasteiger partial charge on any atom is 0.268 e. The van der Waals surface area contributed by atoms with Gasteiger partial charge in [-0.1, -0.05) is 29.8 Å². The minimum Gasteiger partial charge on any atom is -0.497 e. The maximum atomic E-state index is 14.0. The molecule has 0 radical (unpaired) electrons. The lowest BCUT2D eigenvalue weighted by molar-refractivity contribution is -0.123. The molecule has 5 nitrogen and oxygen atoms in total. The number of rotatable bonds is 4. The van der Waals surface area contributed by atoms with Gasteiger partial charge < -0.3 is 14.5 Å².